The van der Waals surface area contributed by atoms with E-state index in [9.17, 15) is 14.0 Å². The van der Waals surface area contributed by atoms with Gasteiger partial charge in [-0.05, 0) is 54.5 Å². The monoisotopic (exact) mass is 387 g/mol. The van der Waals surface area contributed by atoms with Crippen LogP contribution in [0.1, 0.15) is 31.2 Å². The summed E-state index contributed by atoms with van der Waals surface area (Å²) in [4.78, 5) is 28.8. The van der Waals surface area contributed by atoms with E-state index >= 15 is 0 Å². The number of carbonyl (C=O) groups is 2. The molecule has 3 aliphatic carbocycles. The number of aromatic nitrogens is 1. The lowest BCUT2D eigenvalue weighted by Gasteiger charge is -2.70. The third kappa shape index (κ3) is 3.48. The predicted octanol–water partition coefficient (Wildman–Crippen LogP) is 4.19. The van der Waals surface area contributed by atoms with Crippen molar-refractivity contribution in [3.8, 4) is 5.75 Å². The third-order valence-corrected chi connectivity index (χ3v) is 6.02. The Kier molecular flexibility index (Phi) is 4.50. The van der Waals surface area contributed by atoms with Crippen LogP contribution in [0.3, 0.4) is 0 Å². The number of rotatable bonds is 8. The van der Waals surface area contributed by atoms with Crippen molar-refractivity contribution in [3.05, 3.63) is 59.1 Å². The number of carbonyl (C=O) groups excluding carboxylic acids is 2. The molecule has 1 aromatic carbocycles. The van der Waals surface area contributed by atoms with E-state index in [-0.39, 0.29) is 39.8 Å². The van der Waals surface area contributed by atoms with Gasteiger partial charge in [0, 0.05) is 36.7 Å². The lowest BCUT2D eigenvalue weighted by atomic mass is 9.33. The van der Waals surface area contributed by atoms with Gasteiger partial charge in [0.15, 0.2) is 5.78 Å². The molecule has 5 rings (SSSR count). The molecule has 6 heteroatoms. The molecule has 140 valence electrons. The number of ether oxygens (including phenoxy) is 1. The molecule has 3 fully saturated rings. The van der Waals surface area contributed by atoms with Crippen LogP contribution in [0.4, 0.5) is 4.39 Å². The van der Waals surface area contributed by atoms with E-state index in [1.54, 1.807) is 12.4 Å². The SMILES string of the molecule is O=C(COc1ccc(Cl)c(F)c1)CC12CC(C(=O)Cc3ccncc3)(C1)C2. The average molecular weight is 388 g/mol. The minimum atomic E-state index is -0.573. The van der Waals surface area contributed by atoms with Gasteiger partial charge in [-0.25, -0.2) is 4.39 Å². The second-order valence-electron chi connectivity index (χ2n) is 7.85. The van der Waals surface area contributed by atoms with Crippen LogP contribution in [0, 0.1) is 16.6 Å². The molecule has 0 atom stereocenters. The Balaban J connectivity index is 1.25. The number of nitrogens with zero attached hydrogens (tertiary/aromatic N) is 1. The Bertz CT molecular complexity index is 880. The number of hydrogen-bond acceptors (Lipinski definition) is 4. The molecule has 0 aliphatic heterocycles. The van der Waals surface area contributed by atoms with E-state index in [2.05, 4.69) is 4.98 Å². The van der Waals surface area contributed by atoms with Crippen molar-refractivity contribution in [2.75, 3.05) is 6.61 Å². The number of hydrogen-bond donors (Lipinski definition) is 0. The Hall–Kier alpha value is -2.27. The van der Waals surface area contributed by atoms with E-state index in [0.29, 0.717) is 12.8 Å². The Morgan fingerprint density at radius 1 is 1.15 bits per heavy atom. The summed E-state index contributed by atoms with van der Waals surface area (Å²) in [6.07, 6.45) is 6.57. The molecule has 0 unspecified atom stereocenters. The third-order valence-electron chi connectivity index (χ3n) is 5.71. The van der Waals surface area contributed by atoms with Gasteiger partial charge in [0.2, 0.25) is 0 Å². The first-order valence-corrected chi connectivity index (χ1v) is 9.29. The highest BCUT2D eigenvalue weighted by Crippen LogP contribution is 2.75. The van der Waals surface area contributed by atoms with Crippen LogP contribution in [-0.4, -0.2) is 23.2 Å². The van der Waals surface area contributed by atoms with E-state index in [1.165, 1.54) is 18.2 Å². The summed E-state index contributed by atoms with van der Waals surface area (Å²) in [5.74, 6) is -0.0568. The van der Waals surface area contributed by atoms with Crippen LogP contribution in [0.2, 0.25) is 5.02 Å². The van der Waals surface area contributed by atoms with Crippen LogP contribution in [0.25, 0.3) is 0 Å². The largest absolute Gasteiger partial charge is 0.486 e. The molecular weight excluding hydrogens is 369 g/mol. The number of pyridine rings is 1. The van der Waals surface area contributed by atoms with Gasteiger partial charge in [0.25, 0.3) is 0 Å². The Labute approximate surface area is 161 Å². The molecule has 2 bridgehead atoms. The summed E-state index contributed by atoms with van der Waals surface area (Å²) in [5, 5.41) is 0.0178. The summed E-state index contributed by atoms with van der Waals surface area (Å²) in [5.41, 5.74) is 0.706. The summed E-state index contributed by atoms with van der Waals surface area (Å²) < 4.78 is 18.8. The number of benzene rings is 1. The minimum absolute atomic E-state index is 0.0178. The second-order valence-corrected chi connectivity index (χ2v) is 8.25. The van der Waals surface area contributed by atoms with Gasteiger partial charge in [0.1, 0.15) is 24.0 Å². The van der Waals surface area contributed by atoms with Gasteiger partial charge < -0.3 is 4.74 Å². The van der Waals surface area contributed by atoms with E-state index < -0.39 is 5.82 Å². The molecule has 3 aliphatic rings. The lowest BCUT2D eigenvalue weighted by molar-refractivity contribution is -0.207. The first-order valence-electron chi connectivity index (χ1n) is 8.92. The van der Waals surface area contributed by atoms with Crippen molar-refractivity contribution < 1.29 is 18.7 Å². The van der Waals surface area contributed by atoms with E-state index in [4.69, 9.17) is 16.3 Å². The molecular formula is C21H19ClFNO3. The first kappa shape index (κ1) is 18.1. The van der Waals surface area contributed by atoms with Crippen molar-refractivity contribution >= 4 is 23.2 Å². The quantitative estimate of drug-likeness (QED) is 0.681. The zero-order chi connectivity index (χ0) is 19.1. The molecule has 0 amide bonds. The van der Waals surface area contributed by atoms with Crippen LogP contribution in [0.15, 0.2) is 42.7 Å². The maximum atomic E-state index is 13.4. The molecule has 4 nitrogen and oxygen atoms in total. The summed E-state index contributed by atoms with van der Waals surface area (Å²) in [7, 11) is 0. The van der Waals surface area contributed by atoms with E-state index in [1.807, 2.05) is 12.1 Å². The Morgan fingerprint density at radius 2 is 1.85 bits per heavy atom. The topological polar surface area (TPSA) is 56.3 Å². The predicted molar refractivity (Wildman–Crippen MR) is 98.2 cm³/mol. The molecule has 27 heavy (non-hydrogen) atoms. The van der Waals surface area contributed by atoms with Crippen LogP contribution >= 0.6 is 11.6 Å². The van der Waals surface area contributed by atoms with Gasteiger partial charge in [0.05, 0.1) is 5.02 Å². The molecule has 0 spiro atoms. The summed E-state index contributed by atoms with van der Waals surface area (Å²) >= 11 is 5.62. The molecule has 3 saturated carbocycles. The molecule has 0 radical (unpaired) electrons. The zero-order valence-electron chi connectivity index (χ0n) is 14.7. The van der Waals surface area contributed by atoms with Gasteiger partial charge in [-0.3, -0.25) is 14.6 Å². The standard InChI is InChI=1S/C21H19ClFNO3/c22-17-2-1-16(8-18(17)23)27-10-15(25)9-20-11-21(12-20,13-20)19(26)7-14-3-5-24-6-4-14/h1-6,8H,7,9-13H2. The van der Waals surface area contributed by atoms with E-state index in [0.717, 1.165) is 24.8 Å². The zero-order valence-corrected chi connectivity index (χ0v) is 15.5. The van der Waals surface area contributed by atoms with Gasteiger partial charge in [-0.1, -0.05) is 11.6 Å². The fourth-order valence-electron chi connectivity index (χ4n) is 4.55. The highest BCUT2D eigenvalue weighted by atomic mass is 35.5. The first-order chi connectivity index (χ1) is 12.9. The fourth-order valence-corrected chi connectivity index (χ4v) is 4.67. The summed E-state index contributed by atoms with van der Waals surface area (Å²) in [6.45, 7) is -0.0964. The highest BCUT2D eigenvalue weighted by molar-refractivity contribution is 6.30. The number of ketones is 2. The highest BCUT2D eigenvalue weighted by Gasteiger charge is 2.70. The fraction of sp³-hybridized carbons (Fsp3) is 0.381. The van der Waals surface area contributed by atoms with Gasteiger partial charge in [-0.2, -0.15) is 0 Å². The summed E-state index contributed by atoms with van der Waals surface area (Å²) in [6, 6.07) is 7.82. The molecule has 0 N–H and O–H groups in total. The molecule has 2 aromatic rings. The minimum Gasteiger partial charge on any atom is -0.486 e. The molecule has 1 aromatic heterocycles. The average Bonchev–Trinajstić information content (AvgIpc) is 2.58. The number of Topliss-reactive ketones (excluding diaryl/α,β-unsaturated/α-hetero) is 2. The normalized spacial score (nSPS) is 25.3. The Morgan fingerprint density at radius 3 is 2.52 bits per heavy atom. The van der Waals surface area contributed by atoms with Crippen LogP contribution < -0.4 is 4.74 Å². The second kappa shape index (κ2) is 6.71. The smallest absolute Gasteiger partial charge is 0.170 e. The van der Waals surface area contributed by atoms with Gasteiger partial charge in [-0.15, -0.1) is 0 Å². The van der Waals surface area contributed by atoms with Crippen molar-refractivity contribution in [1.29, 1.82) is 0 Å². The number of halogens is 2. The molecule has 0 saturated heterocycles. The van der Waals surface area contributed by atoms with Crippen molar-refractivity contribution in [2.24, 2.45) is 10.8 Å². The van der Waals surface area contributed by atoms with Crippen molar-refractivity contribution in [2.45, 2.75) is 32.1 Å². The van der Waals surface area contributed by atoms with Crippen molar-refractivity contribution in [3.63, 3.8) is 0 Å². The lowest BCUT2D eigenvalue weighted by Crippen LogP contribution is -2.66. The maximum Gasteiger partial charge on any atom is 0.170 e. The van der Waals surface area contributed by atoms with Crippen LogP contribution in [0.5, 0.6) is 5.75 Å². The molecule has 1 heterocycles. The van der Waals surface area contributed by atoms with Gasteiger partial charge >= 0.3 is 0 Å². The van der Waals surface area contributed by atoms with Crippen molar-refractivity contribution in [1.82, 2.24) is 4.98 Å². The van der Waals surface area contributed by atoms with Crippen LogP contribution in [-0.2, 0) is 16.0 Å². The maximum absolute atomic E-state index is 13.4.